The molecule has 4 nitrogen and oxygen atoms in total. The van der Waals surface area contributed by atoms with Crippen LogP contribution in [0.25, 0.3) is 0 Å². The van der Waals surface area contributed by atoms with Crippen molar-refractivity contribution in [2.24, 2.45) is 11.7 Å². The molecule has 0 bridgehead atoms. The molecule has 1 aliphatic heterocycles. The number of fused-ring (bicyclic) bond motifs is 1. The van der Waals surface area contributed by atoms with E-state index >= 15 is 0 Å². The van der Waals surface area contributed by atoms with E-state index < -0.39 is 0 Å². The molecule has 1 aromatic heterocycles. The van der Waals surface area contributed by atoms with Crippen LogP contribution >= 0.6 is 0 Å². The Morgan fingerprint density at radius 2 is 1.82 bits per heavy atom. The summed E-state index contributed by atoms with van der Waals surface area (Å²) in [6, 6.07) is 3.85. The fourth-order valence-electron chi connectivity index (χ4n) is 2.89. The SMILES string of the molecule is CC(C)(C)N1CC2CC2(N)C1.CC(C)(C)c1ccc(N)nc1. The molecule has 0 radical (unpaired) electrons. The van der Waals surface area contributed by atoms with Crippen molar-refractivity contribution in [3.8, 4) is 0 Å². The van der Waals surface area contributed by atoms with Crippen LogP contribution in [0.5, 0.6) is 0 Å². The van der Waals surface area contributed by atoms with E-state index in [1.807, 2.05) is 18.3 Å². The molecule has 4 heteroatoms. The summed E-state index contributed by atoms with van der Waals surface area (Å²) in [7, 11) is 0. The molecule has 0 spiro atoms. The third-order valence-electron chi connectivity index (χ3n) is 4.81. The molecular weight excluding hydrogens is 272 g/mol. The van der Waals surface area contributed by atoms with Gasteiger partial charge in [-0.25, -0.2) is 4.98 Å². The van der Waals surface area contributed by atoms with E-state index in [4.69, 9.17) is 11.5 Å². The highest BCUT2D eigenvalue weighted by Crippen LogP contribution is 2.48. The summed E-state index contributed by atoms with van der Waals surface area (Å²) < 4.78 is 0. The third-order valence-corrected chi connectivity index (χ3v) is 4.81. The molecule has 1 aliphatic carbocycles. The molecular formula is C18H32N4. The zero-order valence-corrected chi connectivity index (χ0v) is 15.0. The molecule has 22 heavy (non-hydrogen) atoms. The van der Waals surface area contributed by atoms with Gasteiger partial charge < -0.3 is 11.5 Å². The van der Waals surface area contributed by atoms with Crippen molar-refractivity contribution in [3.63, 3.8) is 0 Å². The van der Waals surface area contributed by atoms with Crippen molar-refractivity contribution in [1.82, 2.24) is 9.88 Å². The lowest BCUT2D eigenvalue weighted by molar-refractivity contribution is 0.153. The Balaban J connectivity index is 0.000000160. The van der Waals surface area contributed by atoms with Crippen molar-refractivity contribution in [1.29, 1.82) is 0 Å². The molecule has 1 saturated heterocycles. The normalized spacial score (nSPS) is 27.9. The smallest absolute Gasteiger partial charge is 0.123 e. The Kier molecular flexibility index (Phi) is 4.31. The van der Waals surface area contributed by atoms with E-state index in [1.165, 1.54) is 18.5 Å². The topological polar surface area (TPSA) is 68.2 Å². The maximum atomic E-state index is 6.10. The van der Waals surface area contributed by atoms with Crippen LogP contribution < -0.4 is 11.5 Å². The van der Waals surface area contributed by atoms with Gasteiger partial charge >= 0.3 is 0 Å². The quantitative estimate of drug-likeness (QED) is 0.773. The van der Waals surface area contributed by atoms with Crippen LogP contribution in [0.3, 0.4) is 0 Å². The fraction of sp³-hybridized carbons (Fsp3) is 0.722. The minimum atomic E-state index is 0.167. The first-order valence-corrected chi connectivity index (χ1v) is 8.18. The van der Waals surface area contributed by atoms with Gasteiger partial charge in [-0.2, -0.15) is 0 Å². The van der Waals surface area contributed by atoms with E-state index in [1.54, 1.807) is 0 Å². The molecule has 124 valence electrons. The highest BCUT2D eigenvalue weighted by Gasteiger charge is 2.58. The number of likely N-dealkylation sites (tertiary alicyclic amines) is 1. The lowest BCUT2D eigenvalue weighted by atomic mass is 9.88. The Hall–Kier alpha value is -1.13. The second-order valence-corrected chi connectivity index (χ2v) is 8.91. The van der Waals surface area contributed by atoms with Crippen LogP contribution in [0.2, 0.25) is 0 Å². The van der Waals surface area contributed by atoms with Crippen molar-refractivity contribution >= 4 is 5.82 Å². The zero-order valence-electron chi connectivity index (χ0n) is 15.0. The molecule has 1 saturated carbocycles. The van der Waals surface area contributed by atoms with Crippen molar-refractivity contribution in [2.75, 3.05) is 18.8 Å². The molecule has 2 fully saturated rings. The largest absolute Gasteiger partial charge is 0.384 e. The summed E-state index contributed by atoms with van der Waals surface area (Å²) in [5, 5.41) is 0. The number of hydrogen-bond donors (Lipinski definition) is 2. The average molecular weight is 304 g/mol. The minimum absolute atomic E-state index is 0.167. The first-order chi connectivity index (χ1) is 9.92. The zero-order chi connectivity index (χ0) is 16.8. The molecule has 2 atom stereocenters. The lowest BCUT2D eigenvalue weighted by Gasteiger charge is -2.33. The summed E-state index contributed by atoms with van der Waals surface area (Å²) in [5.41, 5.74) is 13.5. The van der Waals surface area contributed by atoms with Crippen LogP contribution in [-0.4, -0.2) is 34.1 Å². The van der Waals surface area contributed by atoms with Gasteiger partial charge in [0.2, 0.25) is 0 Å². The van der Waals surface area contributed by atoms with E-state index in [0.717, 1.165) is 12.5 Å². The Labute approximate surface area is 135 Å². The average Bonchev–Trinajstić information content (AvgIpc) is 2.86. The van der Waals surface area contributed by atoms with E-state index in [-0.39, 0.29) is 11.0 Å². The number of nitrogens with two attached hydrogens (primary N) is 2. The van der Waals surface area contributed by atoms with Crippen molar-refractivity contribution < 1.29 is 0 Å². The van der Waals surface area contributed by atoms with Gasteiger partial charge in [-0.1, -0.05) is 26.8 Å². The Morgan fingerprint density at radius 1 is 1.18 bits per heavy atom. The van der Waals surface area contributed by atoms with Crippen LogP contribution in [-0.2, 0) is 5.41 Å². The molecule has 1 aromatic rings. The first-order valence-electron chi connectivity index (χ1n) is 8.18. The van der Waals surface area contributed by atoms with Gasteiger partial charge in [0.1, 0.15) is 5.82 Å². The molecule has 2 heterocycles. The second-order valence-electron chi connectivity index (χ2n) is 8.91. The minimum Gasteiger partial charge on any atom is -0.384 e. The van der Waals surface area contributed by atoms with Gasteiger partial charge in [0.15, 0.2) is 0 Å². The number of nitrogens with zero attached hydrogens (tertiary/aromatic N) is 2. The van der Waals surface area contributed by atoms with Crippen molar-refractivity contribution in [3.05, 3.63) is 23.9 Å². The molecule has 4 N–H and O–H groups in total. The van der Waals surface area contributed by atoms with E-state index in [2.05, 4.69) is 51.4 Å². The summed E-state index contributed by atoms with van der Waals surface area (Å²) in [5.74, 6) is 1.39. The number of rotatable bonds is 0. The van der Waals surface area contributed by atoms with Crippen molar-refractivity contribution in [2.45, 2.75) is 64.5 Å². The van der Waals surface area contributed by atoms with Gasteiger partial charge in [0, 0.05) is 30.4 Å². The maximum absolute atomic E-state index is 6.10. The second kappa shape index (κ2) is 5.50. The number of pyridine rings is 1. The molecule has 3 rings (SSSR count). The fourth-order valence-corrected chi connectivity index (χ4v) is 2.89. The van der Waals surface area contributed by atoms with E-state index in [0.29, 0.717) is 11.4 Å². The third kappa shape index (κ3) is 3.99. The van der Waals surface area contributed by atoms with Crippen LogP contribution in [0.15, 0.2) is 18.3 Å². The molecule has 0 aromatic carbocycles. The number of piperidine rings is 1. The van der Waals surface area contributed by atoms with Gasteiger partial charge in [0.05, 0.1) is 0 Å². The Bertz CT molecular complexity index is 509. The van der Waals surface area contributed by atoms with E-state index in [9.17, 15) is 0 Å². The molecule has 2 aliphatic rings. The molecule has 2 unspecified atom stereocenters. The first kappa shape index (κ1) is 17.2. The van der Waals surface area contributed by atoms with Crippen LogP contribution in [0, 0.1) is 5.92 Å². The van der Waals surface area contributed by atoms with Crippen LogP contribution in [0.1, 0.15) is 53.5 Å². The monoisotopic (exact) mass is 304 g/mol. The summed E-state index contributed by atoms with van der Waals surface area (Å²) in [6.45, 7) is 15.6. The molecule has 0 amide bonds. The number of aromatic nitrogens is 1. The predicted molar refractivity (Wildman–Crippen MR) is 93.7 cm³/mol. The number of hydrogen-bond acceptors (Lipinski definition) is 4. The lowest BCUT2D eigenvalue weighted by Crippen LogP contribution is -2.44. The van der Waals surface area contributed by atoms with Gasteiger partial charge in [-0.05, 0) is 50.2 Å². The predicted octanol–water partition coefficient (Wildman–Crippen LogP) is 2.78. The summed E-state index contributed by atoms with van der Waals surface area (Å²) in [6.07, 6.45) is 3.09. The number of nitrogen functional groups attached to an aromatic ring is 1. The van der Waals surface area contributed by atoms with Gasteiger partial charge in [-0.15, -0.1) is 0 Å². The Morgan fingerprint density at radius 3 is 2.14 bits per heavy atom. The van der Waals surface area contributed by atoms with Gasteiger partial charge in [-0.3, -0.25) is 4.90 Å². The number of anilines is 1. The highest BCUT2D eigenvalue weighted by atomic mass is 15.3. The highest BCUT2D eigenvalue weighted by molar-refractivity contribution is 5.31. The summed E-state index contributed by atoms with van der Waals surface area (Å²) >= 11 is 0. The summed E-state index contributed by atoms with van der Waals surface area (Å²) in [4.78, 5) is 6.52. The van der Waals surface area contributed by atoms with Gasteiger partial charge in [0.25, 0.3) is 0 Å². The van der Waals surface area contributed by atoms with Crippen LogP contribution in [0.4, 0.5) is 5.82 Å². The maximum Gasteiger partial charge on any atom is 0.123 e. The standard InChI is InChI=1S/C9H18N2.C9H14N2/c1-8(2,3)11-5-7-4-9(7,10)6-11;1-9(2,3)7-4-5-8(10)11-6-7/h7H,4-6,10H2,1-3H3;4-6H,1-3H3,(H2,10,11).